The number of nitrogens with one attached hydrogen (secondary N) is 1. The van der Waals surface area contributed by atoms with Crippen LogP contribution in [-0.2, 0) is 14.3 Å². The number of likely N-dealkylation sites (N-methyl/N-ethyl adjacent to an activating group) is 1. The third kappa shape index (κ3) is 2.95. The smallest absolute Gasteiger partial charge is 0.309 e. The van der Waals surface area contributed by atoms with Crippen molar-refractivity contribution >= 4 is 11.9 Å². The van der Waals surface area contributed by atoms with Crippen LogP contribution in [0.2, 0.25) is 0 Å². The first kappa shape index (κ1) is 13.0. The van der Waals surface area contributed by atoms with Gasteiger partial charge in [-0.15, -0.1) is 0 Å². The quantitative estimate of drug-likeness (QED) is 0.673. The molecule has 0 aromatic rings. The van der Waals surface area contributed by atoms with Gasteiger partial charge in [0, 0.05) is 13.1 Å². The molecule has 0 unspecified atom stereocenters. The molecule has 1 N–H and O–H groups in total. The van der Waals surface area contributed by atoms with Gasteiger partial charge in [-0.05, 0) is 13.0 Å². The van der Waals surface area contributed by atoms with Gasteiger partial charge in [0.05, 0.1) is 19.1 Å². The molecule has 5 heteroatoms. The standard InChI is InChI=1S/C11H20N2O3/c1-4-13(7-8(2)11(15)16-3)9-5-6-12-10(9)14/h8-9H,4-7H2,1-3H3,(H,12,14)/t8-,9+/m1/s1. The van der Waals surface area contributed by atoms with E-state index in [4.69, 9.17) is 0 Å². The summed E-state index contributed by atoms with van der Waals surface area (Å²) in [5.41, 5.74) is 0. The van der Waals surface area contributed by atoms with E-state index in [1.165, 1.54) is 7.11 Å². The van der Waals surface area contributed by atoms with Crippen LogP contribution in [0.15, 0.2) is 0 Å². The Bertz CT molecular complexity index is 268. The maximum absolute atomic E-state index is 11.5. The van der Waals surface area contributed by atoms with Gasteiger partial charge in [-0.2, -0.15) is 0 Å². The predicted molar refractivity (Wildman–Crippen MR) is 59.8 cm³/mol. The number of hydrogen-bond acceptors (Lipinski definition) is 4. The van der Waals surface area contributed by atoms with E-state index >= 15 is 0 Å². The van der Waals surface area contributed by atoms with E-state index in [9.17, 15) is 9.59 Å². The summed E-state index contributed by atoms with van der Waals surface area (Å²) in [6.45, 7) is 5.88. The molecule has 0 bridgehead atoms. The molecule has 92 valence electrons. The molecule has 1 rings (SSSR count). The van der Waals surface area contributed by atoms with E-state index in [-0.39, 0.29) is 23.8 Å². The Hall–Kier alpha value is -1.10. The Balaban J connectivity index is 2.54. The van der Waals surface area contributed by atoms with Crippen molar-refractivity contribution in [1.29, 1.82) is 0 Å². The minimum atomic E-state index is -0.225. The summed E-state index contributed by atoms with van der Waals surface area (Å²) in [6.07, 6.45) is 0.820. The van der Waals surface area contributed by atoms with Gasteiger partial charge in [0.2, 0.25) is 5.91 Å². The fraction of sp³-hybridized carbons (Fsp3) is 0.818. The molecule has 1 aliphatic rings. The van der Waals surface area contributed by atoms with Crippen LogP contribution < -0.4 is 5.32 Å². The zero-order valence-electron chi connectivity index (χ0n) is 10.2. The number of carbonyl (C=O) groups excluding carboxylic acids is 2. The van der Waals surface area contributed by atoms with Gasteiger partial charge in [-0.25, -0.2) is 0 Å². The highest BCUT2D eigenvalue weighted by molar-refractivity contribution is 5.83. The minimum Gasteiger partial charge on any atom is -0.469 e. The molecule has 0 aliphatic carbocycles. The maximum atomic E-state index is 11.5. The monoisotopic (exact) mass is 228 g/mol. The van der Waals surface area contributed by atoms with Gasteiger partial charge in [-0.1, -0.05) is 13.8 Å². The van der Waals surface area contributed by atoms with Crippen molar-refractivity contribution < 1.29 is 14.3 Å². The molecule has 16 heavy (non-hydrogen) atoms. The van der Waals surface area contributed by atoms with Gasteiger partial charge >= 0.3 is 5.97 Å². The number of rotatable bonds is 5. The van der Waals surface area contributed by atoms with E-state index in [0.29, 0.717) is 6.54 Å². The van der Waals surface area contributed by atoms with E-state index in [1.54, 1.807) is 0 Å². The summed E-state index contributed by atoms with van der Waals surface area (Å²) in [7, 11) is 1.39. The summed E-state index contributed by atoms with van der Waals surface area (Å²) in [5.74, 6) is -0.353. The minimum absolute atomic E-state index is 0.0684. The Labute approximate surface area is 96.1 Å². The van der Waals surface area contributed by atoms with Crippen LogP contribution in [0.4, 0.5) is 0 Å². The number of carbonyl (C=O) groups is 2. The normalized spacial score (nSPS) is 22.0. The second kappa shape index (κ2) is 5.84. The zero-order chi connectivity index (χ0) is 12.1. The molecule has 0 spiro atoms. The second-order valence-electron chi connectivity index (χ2n) is 4.11. The molecule has 5 nitrogen and oxygen atoms in total. The van der Waals surface area contributed by atoms with Crippen LogP contribution in [0.1, 0.15) is 20.3 Å². The third-order valence-corrected chi connectivity index (χ3v) is 2.98. The highest BCUT2D eigenvalue weighted by atomic mass is 16.5. The molecule has 1 aliphatic heterocycles. The lowest BCUT2D eigenvalue weighted by atomic mass is 10.1. The molecule has 1 heterocycles. The lowest BCUT2D eigenvalue weighted by Crippen LogP contribution is -2.43. The number of amides is 1. The van der Waals surface area contributed by atoms with Crippen LogP contribution in [0.5, 0.6) is 0 Å². The van der Waals surface area contributed by atoms with Gasteiger partial charge in [0.1, 0.15) is 0 Å². The van der Waals surface area contributed by atoms with Crippen molar-refractivity contribution in [2.24, 2.45) is 5.92 Å². The average molecular weight is 228 g/mol. The lowest BCUT2D eigenvalue weighted by Gasteiger charge is -2.27. The van der Waals surface area contributed by atoms with Crippen LogP contribution >= 0.6 is 0 Å². The Morgan fingerprint density at radius 2 is 2.38 bits per heavy atom. The molecule has 0 saturated carbocycles. The van der Waals surface area contributed by atoms with Gasteiger partial charge in [-0.3, -0.25) is 14.5 Å². The molecule has 0 radical (unpaired) electrons. The molecule has 1 amide bonds. The largest absolute Gasteiger partial charge is 0.469 e. The molecule has 1 fully saturated rings. The highest BCUT2D eigenvalue weighted by Gasteiger charge is 2.31. The summed E-state index contributed by atoms with van der Waals surface area (Å²) in [5, 5.41) is 2.80. The Kier molecular flexibility index (Phi) is 4.73. The van der Waals surface area contributed by atoms with Crippen LogP contribution in [0.3, 0.4) is 0 Å². The number of esters is 1. The first-order valence-corrected chi connectivity index (χ1v) is 5.69. The van der Waals surface area contributed by atoms with E-state index in [1.807, 2.05) is 18.7 Å². The van der Waals surface area contributed by atoms with Crippen molar-refractivity contribution in [1.82, 2.24) is 10.2 Å². The number of methoxy groups -OCH3 is 1. The predicted octanol–water partition coefficient (Wildman–Crippen LogP) is 0.00590. The van der Waals surface area contributed by atoms with E-state index in [2.05, 4.69) is 10.1 Å². The number of hydrogen-bond donors (Lipinski definition) is 1. The Morgan fingerprint density at radius 1 is 1.69 bits per heavy atom. The van der Waals surface area contributed by atoms with E-state index in [0.717, 1.165) is 19.5 Å². The average Bonchev–Trinajstić information content (AvgIpc) is 2.70. The summed E-state index contributed by atoms with van der Waals surface area (Å²) < 4.78 is 4.68. The molecule has 2 atom stereocenters. The fourth-order valence-corrected chi connectivity index (χ4v) is 2.03. The molecular weight excluding hydrogens is 208 g/mol. The van der Waals surface area contributed by atoms with Crippen molar-refractivity contribution in [3.05, 3.63) is 0 Å². The fourth-order valence-electron chi connectivity index (χ4n) is 2.03. The van der Waals surface area contributed by atoms with E-state index < -0.39 is 0 Å². The molecule has 0 aromatic heterocycles. The summed E-state index contributed by atoms with van der Waals surface area (Å²) in [6, 6.07) is -0.0860. The summed E-state index contributed by atoms with van der Waals surface area (Å²) >= 11 is 0. The Morgan fingerprint density at radius 3 is 2.81 bits per heavy atom. The first-order chi connectivity index (χ1) is 7.60. The second-order valence-corrected chi connectivity index (χ2v) is 4.11. The molecule has 0 aromatic carbocycles. The van der Waals surface area contributed by atoms with Crippen molar-refractivity contribution in [2.45, 2.75) is 26.3 Å². The molecular formula is C11H20N2O3. The first-order valence-electron chi connectivity index (χ1n) is 5.69. The molecule has 1 saturated heterocycles. The van der Waals surface area contributed by atoms with Crippen LogP contribution in [0, 0.1) is 5.92 Å². The van der Waals surface area contributed by atoms with Crippen molar-refractivity contribution in [2.75, 3.05) is 26.7 Å². The van der Waals surface area contributed by atoms with Crippen molar-refractivity contribution in [3.8, 4) is 0 Å². The lowest BCUT2D eigenvalue weighted by molar-refractivity contribution is -0.146. The van der Waals surface area contributed by atoms with Gasteiger partial charge < -0.3 is 10.1 Å². The topological polar surface area (TPSA) is 58.6 Å². The summed E-state index contributed by atoms with van der Waals surface area (Å²) in [4.78, 5) is 24.9. The number of ether oxygens (including phenoxy) is 1. The highest BCUT2D eigenvalue weighted by Crippen LogP contribution is 2.12. The van der Waals surface area contributed by atoms with Gasteiger partial charge in [0.25, 0.3) is 0 Å². The van der Waals surface area contributed by atoms with Crippen LogP contribution in [0.25, 0.3) is 0 Å². The SMILES string of the molecule is CCN(C[C@@H](C)C(=O)OC)[C@H]1CCNC1=O. The van der Waals surface area contributed by atoms with Gasteiger partial charge in [0.15, 0.2) is 0 Å². The maximum Gasteiger partial charge on any atom is 0.309 e. The zero-order valence-corrected chi connectivity index (χ0v) is 10.2. The number of nitrogens with zero attached hydrogens (tertiary/aromatic N) is 1. The van der Waals surface area contributed by atoms with Crippen LogP contribution in [-0.4, -0.2) is 49.6 Å². The third-order valence-electron chi connectivity index (χ3n) is 2.98. The van der Waals surface area contributed by atoms with Crippen molar-refractivity contribution in [3.63, 3.8) is 0 Å².